The maximum absolute atomic E-state index is 10.7. The van der Waals surface area contributed by atoms with Crippen molar-refractivity contribution in [3.63, 3.8) is 0 Å². The highest BCUT2D eigenvalue weighted by Crippen LogP contribution is 2.26. The molecule has 1 amide bonds. The Balaban J connectivity index is 2.93. The molecular formula is C6H7NOS2. The number of nitrogens with one attached hydrogen (secondary N) is 1. The van der Waals surface area contributed by atoms with Crippen molar-refractivity contribution in [2.45, 2.75) is 13.8 Å². The topological polar surface area (TPSA) is 29.1 Å². The monoisotopic (exact) mass is 173 g/mol. The second-order valence-corrected chi connectivity index (χ2v) is 3.56. The quantitative estimate of drug-likeness (QED) is 0.449. The molecule has 0 aromatic rings. The van der Waals surface area contributed by atoms with Crippen LogP contribution in [0, 0.1) is 0 Å². The van der Waals surface area contributed by atoms with E-state index in [4.69, 9.17) is 12.2 Å². The van der Waals surface area contributed by atoms with Crippen molar-refractivity contribution < 1.29 is 4.79 Å². The number of rotatable bonds is 0. The fraction of sp³-hybridized carbons (Fsp3) is 0.333. The molecule has 1 N–H and O–H groups in total. The maximum atomic E-state index is 10.7. The molecular weight excluding hydrogens is 166 g/mol. The summed E-state index contributed by atoms with van der Waals surface area (Å²) in [5.41, 5.74) is 1.09. The van der Waals surface area contributed by atoms with Crippen LogP contribution in [0.4, 0.5) is 4.79 Å². The summed E-state index contributed by atoms with van der Waals surface area (Å²) in [6.45, 7) is 3.88. The normalized spacial score (nSPS) is 17.6. The summed E-state index contributed by atoms with van der Waals surface area (Å²) >= 11 is 6.05. The van der Waals surface area contributed by atoms with E-state index in [0.717, 1.165) is 10.5 Å². The highest BCUT2D eigenvalue weighted by Gasteiger charge is 2.21. The molecule has 0 atom stereocenters. The van der Waals surface area contributed by atoms with Crippen LogP contribution in [0.25, 0.3) is 0 Å². The summed E-state index contributed by atoms with van der Waals surface area (Å²) in [6.07, 6.45) is 0. The second-order valence-electron chi connectivity index (χ2n) is 2.17. The number of carbonyl (C=O) groups excluding carboxylic acids is 1. The van der Waals surface area contributed by atoms with Crippen molar-refractivity contribution in [2.75, 3.05) is 0 Å². The number of thiocarbonyl (C=S) groups is 1. The summed E-state index contributed by atoms with van der Waals surface area (Å²) in [7, 11) is 0. The summed E-state index contributed by atoms with van der Waals surface area (Å²) in [5.74, 6) is 0. The van der Waals surface area contributed by atoms with Crippen LogP contribution in [-0.4, -0.2) is 10.2 Å². The van der Waals surface area contributed by atoms with Crippen molar-refractivity contribution in [1.82, 2.24) is 5.32 Å². The average Bonchev–Trinajstić information content (AvgIpc) is 2.10. The maximum Gasteiger partial charge on any atom is 0.289 e. The molecule has 54 valence electrons. The largest absolute Gasteiger partial charge is 0.307 e. The van der Waals surface area contributed by atoms with E-state index in [1.54, 1.807) is 0 Å². The number of hydrogen-bond donors (Lipinski definition) is 1. The van der Waals surface area contributed by atoms with Crippen molar-refractivity contribution in [1.29, 1.82) is 0 Å². The van der Waals surface area contributed by atoms with Crippen LogP contribution in [0.2, 0.25) is 0 Å². The van der Waals surface area contributed by atoms with Gasteiger partial charge in [0.25, 0.3) is 5.24 Å². The third-order valence-electron chi connectivity index (χ3n) is 1.07. The molecule has 0 bridgehead atoms. The standard InChI is InChI=1S/C6H7NOS2/c1-3(2)4-5(9)7-6(8)10-4/h1-2H3,(H,7,8,9). The zero-order valence-electron chi connectivity index (χ0n) is 5.72. The lowest BCUT2D eigenvalue weighted by Gasteiger charge is -1.93. The third-order valence-corrected chi connectivity index (χ3v) is 2.61. The molecule has 0 saturated carbocycles. The Hall–Kier alpha value is -0.350. The fourth-order valence-electron chi connectivity index (χ4n) is 0.643. The van der Waals surface area contributed by atoms with Gasteiger partial charge in [0.15, 0.2) is 0 Å². The van der Waals surface area contributed by atoms with Crippen LogP contribution in [-0.2, 0) is 0 Å². The molecule has 1 heterocycles. The molecule has 0 spiro atoms. The van der Waals surface area contributed by atoms with Crippen LogP contribution < -0.4 is 5.32 Å². The number of hydrogen-bond acceptors (Lipinski definition) is 3. The third kappa shape index (κ3) is 1.38. The van der Waals surface area contributed by atoms with Gasteiger partial charge in [-0.05, 0) is 25.6 Å². The molecule has 10 heavy (non-hydrogen) atoms. The second kappa shape index (κ2) is 2.72. The summed E-state index contributed by atoms with van der Waals surface area (Å²) in [5, 5.41) is 2.48. The molecule has 1 aliphatic rings. The zero-order valence-corrected chi connectivity index (χ0v) is 7.36. The fourth-order valence-corrected chi connectivity index (χ4v) is 1.82. The number of thioether (sulfide) groups is 1. The van der Waals surface area contributed by atoms with E-state index in [-0.39, 0.29) is 5.24 Å². The van der Waals surface area contributed by atoms with Gasteiger partial charge in [-0.25, -0.2) is 0 Å². The molecule has 1 rings (SSSR count). The highest BCUT2D eigenvalue weighted by atomic mass is 32.2. The molecule has 0 aromatic carbocycles. The SMILES string of the molecule is CC(C)=C1SC(=O)NC1=S. The zero-order chi connectivity index (χ0) is 7.72. The van der Waals surface area contributed by atoms with Gasteiger partial charge in [-0.3, -0.25) is 4.79 Å². The number of carbonyl (C=O) groups is 1. The predicted octanol–water partition coefficient (Wildman–Crippen LogP) is 2.06. The van der Waals surface area contributed by atoms with Gasteiger partial charge < -0.3 is 5.32 Å². The van der Waals surface area contributed by atoms with Crippen molar-refractivity contribution in [3.8, 4) is 0 Å². The van der Waals surface area contributed by atoms with Crippen LogP contribution in [0.15, 0.2) is 10.5 Å². The highest BCUT2D eigenvalue weighted by molar-refractivity contribution is 8.19. The van der Waals surface area contributed by atoms with Gasteiger partial charge in [0.05, 0.1) is 4.91 Å². The van der Waals surface area contributed by atoms with Crippen LogP contribution >= 0.6 is 24.0 Å². The van der Waals surface area contributed by atoms with E-state index in [0.29, 0.717) is 4.99 Å². The van der Waals surface area contributed by atoms with Gasteiger partial charge in [-0.1, -0.05) is 17.8 Å². The molecule has 0 unspecified atom stereocenters. The van der Waals surface area contributed by atoms with Crippen LogP contribution in [0.5, 0.6) is 0 Å². The van der Waals surface area contributed by atoms with E-state index in [2.05, 4.69) is 5.32 Å². The molecule has 1 saturated heterocycles. The Labute approximate surface area is 69.1 Å². The van der Waals surface area contributed by atoms with Crippen LogP contribution in [0.1, 0.15) is 13.8 Å². The first kappa shape index (κ1) is 7.75. The molecule has 0 aromatic heterocycles. The molecule has 4 heteroatoms. The Bertz CT molecular complexity index is 228. The molecule has 0 radical (unpaired) electrons. The minimum absolute atomic E-state index is 0.0683. The molecule has 1 fully saturated rings. The first-order valence-corrected chi connectivity index (χ1v) is 4.04. The summed E-state index contributed by atoms with van der Waals surface area (Å²) < 4.78 is 0. The molecule has 0 aliphatic carbocycles. The van der Waals surface area contributed by atoms with E-state index in [1.807, 2.05) is 13.8 Å². The Morgan fingerprint density at radius 3 is 2.40 bits per heavy atom. The smallest absolute Gasteiger partial charge is 0.289 e. The van der Waals surface area contributed by atoms with E-state index < -0.39 is 0 Å². The molecule has 2 nitrogen and oxygen atoms in total. The lowest BCUT2D eigenvalue weighted by Crippen LogP contribution is -2.16. The van der Waals surface area contributed by atoms with Crippen molar-refractivity contribution in [2.24, 2.45) is 0 Å². The van der Waals surface area contributed by atoms with E-state index in [9.17, 15) is 4.79 Å². The van der Waals surface area contributed by atoms with Crippen LogP contribution in [0.3, 0.4) is 0 Å². The molecule has 1 aliphatic heterocycles. The Kier molecular flexibility index (Phi) is 2.11. The van der Waals surface area contributed by atoms with Crippen molar-refractivity contribution >= 4 is 34.2 Å². The van der Waals surface area contributed by atoms with Crippen molar-refractivity contribution in [3.05, 3.63) is 10.5 Å². The van der Waals surface area contributed by atoms with Gasteiger partial charge in [0.1, 0.15) is 4.99 Å². The predicted molar refractivity (Wildman–Crippen MR) is 47.1 cm³/mol. The summed E-state index contributed by atoms with van der Waals surface area (Å²) in [6, 6.07) is 0. The van der Waals surface area contributed by atoms with Gasteiger partial charge in [0.2, 0.25) is 0 Å². The van der Waals surface area contributed by atoms with E-state index in [1.165, 1.54) is 11.8 Å². The van der Waals surface area contributed by atoms with E-state index >= 15 is 0 Å². The Morgan fingerprint density at radius 1 is 1.60 bits per heavy atom. The lowest BCUT2D eigenvalue weighted by molar-refractivity contribution is 0.265. The average molecular weight is 173 g/mol. The Morgan fingerprint density at radius 2 is 2.20 bits per heavy atom. The number of allylic oxidation sites excluding steroid dienone is 1. The number of amides is 1. The first-order chi connectivity index (χ1) is 4.61. The van der Waals surface area contributed by atoms with Gasteiger partial charge in [-0.2, -0.15) is 0 Å². The summed E-state index contributed by atoms with van der Waals surface area (Å²) in [4.78, 5) is 12.2. The first-order valence-electron chi connectivity index (χ1n) is 2.82. The minimum atomic E-state index is -0.0683. The van der Waals surface area contributed by atoms with Gasteiger partial charge >= 0.3 is 0 Å². The van der Waals surface area contributed by atoms with Gasteiger partial charge in [0, 0.05) is 0 Å². The minimum Gasteiger partial charge on any atom is -0.307 e. The van der Waals surface area contributed by atoms with Gasteiger partial charge in [-0.15, -0.1) is 0 Å². The lowest BCUT2D eigenvalue weighted by atomic mass is 10.3.